The average Bonchev–Trinajstić information content (AvgIpc) is 2.91. The van der Waals surface area contributed by atoms with Gasteiger partial charge in [-0.05, 0) is 49.4 Å². The van der Waals surface area contributed by atoms with Crippen LogP contribution in [0.4, 0.5) is 0 Å². The van der Waals surface area contributed by atoms with Crippen LogP contribution in [0.15, 0.2) is 18.2 Å². The molecule has 3 nitrogen and oxygen atoms in total. The normalized spacial score (nSPS) is 29.6. The van der Waals surface area contributed by atoms with Crippen LogP contribution >= 0.6 is 11.6 Å². The Kier molecular flexibility index (Phi) is 3.27. The average molecular weight is 280 g/mol. The van der Waals surface area contributed by atoms with E-state index in [1.807, 2.05) is 17.9 Å². The number of aliphatic hydroxyl groups is 1. The Labute approximate surface area is 118 Å². The van der Waals surface area contributed by atoms with Gasteiger partial charge in [-0.15, -0.1) is 0 Å². The molecule has 0 spiro atoms. The summed E-state index contributed by atoms with van der Waals surface area (Å²) < 4.78 is 0. The number of hydrogen-bond acceptors (Lipinski definition) is 2. The molecule has 3 rings (SSSR count). The Morgan fingerprint density at radius 3 is 2.84 bits per heavy atom. The van der Waals surface area contributed by atoms with E-state index in [1.165, 1.54) is 0 Å². The molecule has 1 saturated heterocycles. The zero-order chi connectivity index (χ0) is 13.6. The second-order valence-electron chi connectivity index (χ2n) is 5.74. The van der Waals surface area contributed by atoms with Gasteiger partial charge >= 0.3 is 0 Å². The van der Waals surface area contributed by atoms with Gasteiger partial charge in [-0.1, -0.05) is 11.6 Å². The summed E-state index contributed by atoms with van der Waals surface area (Å²) in [6.45, 7) is 3.38. The predicted octanol–water partition coefficient (Wildman–Crippen LogP) is 2.49. The monoisotopic (exact) mass is 279 g/mol. The highest BCUT2D eigenvalue weighted by Crippen LogP contribution is 2.38. The smallest absolute Gasteiger partial charge is 0.254 e. The molecule has 1 aliphatic carbocycles. The number of carbonyl (C=O) groups is 1. The maximum absolute atomic E-state index is 12.5. The number of hydrogen-bond donors (Lipinski definition) is 1. The third kappa shape index (κ3) is 2.26. The topological polar surface area (TPSA) is 40.5 Å². The molecule has 102 valence electrons. The van der Waals surface area contributed by atoms with Crippen LogP contribution in [-0.4, -0.2) is 35.1 Å². The summed E-state index contributed by atoms with van der Waals surface area (Å²) in [5.41, 5.74) is 1.63. The van der Waals surface area contributed by atoms with Crippen molar-refractivity contribution in [3.05, 3.63) is 34.3 Å². The maximum atomic E-state index is 12.5. The summed E-state index contributed by atoms with van der Waals surface area (Å²) >= 11 is 5.92. The van der Waals surface area contributed by atoms with Crippen molar-refractivity contribution >= 4 is 17.5 Å². The molecule has 1 aromatic rings. The van der Waals surface area contributed by atoms with Gasteiger partial charge in [-0.3, -0.25) is 4.79 Å². The number of benzene rings is 1. The van der Waals surface area contributed by atoms with Crippen molar-refractivity contribution in [2.75, 3.05) is 13.1 Å². The summed E-state index contributed by atoms with van der Waals surface area (Å²) in [6.07, 6.45) is 1.70. The molecule has 1 aliphatic heterocycles. The lowest BCUT2D eigenvalue weighted by Gasteiger charge is -2.19. The van der Waals surface area contributed by atoms with Crippen LogP contribution < -0.4 is 0 Å². The summed E-state index contributed by atoms with van der Waals surface area (Å²) in [4.78, 5) is 14.4. The first-order chi connectivity index (χ1) is 9.06. The van der Waals surface area contributed by atoms with Crippen molar-refractivity contribution < 1.29 is 9.90 Å². The summed E-state index contributed by atoms with van der Waals surface area (Å²) in [5, 5.41) is 10.6. The molecule has 1 heterocycles. The van der Waals surface area contributed by atoms with Gasteiger partial charge in [0.25, 0.3) is 5.91 Å². The van der Waals surface area contributed by atoms with Gasteiger partial charge in [-0.25, -0.2) is 0 Å². The first kappa shape index (κ1) is 12.9. The lowest BCUT2D eigenvalue weighted by atomic mass is 10.00. The van der Waals surface area contributed by atoms with E-state index in [4.69, 9.17) is 11.6 Å². The molecule has 0 radical (unpaired) electrons. The van der Waals surface area contributed by atoms with Crippen LogP contribution in [0.2, 0.25) is 5.02 Å². The predicted molar refractivity (Wildman–Crippen MR) is 74.3 cm³/mol. The molecule has 1 amide bonds. The number of amides is 1. The third-order valence-electron chi connectivity index (χ3n) is 4.53. The number of halogens is 1. The molecule has 4 heteroatoms. The Morgan fingerprint density at radius 2 is 2.16 bits per heavy atom. The summed E-state index contributed by atoms with van der Waals surface area (Å²) in [5.74, 6) is 0.818. The fourth-order valence-corrected chi connectivity index (χ4v) is 3.67. The fourth-order valence-electron chi connectivity index (χ4n) is 3.44. The number of nitrogens with zero attached hydrogens (tertiary/aromatic N) is 1. The molecule has 3 unspecified atom stereocenters. The van der Waals surface area contributed by atoms with Crippen molar-refractivity contribution in [1.82, 2.24) is 4.90 Å². The Balaban J connectivity index is 1.78. The van der Waals surface area contributed by atoms with Crippen LogP contribution in [0.5, 0.6) is 0 Å². The van der Waals surface area contributed by atoms with Crippen molar-refractivity contribution in [3.63, 3.8) is 0 Å². The molecule has 2 fully saturated rings. The van der Waals surface area contributed by atoms with Crippen LogP contribution in [0, 0.1) is 18.8 Å². The molecule has 1 saturated carbocycles. The van der Waals surface area contributed by atoms with Crippen LogP contribution in [0.1, 0.15) is 28.8 Å². The van der Waals surface area contributed by atoms with Gasteiger partial charge in [0.05, 0.1) is 6.10 Å². The highest BCUT2D eigenvalue weighted by Gasteiger charge is 2.43. The van der Waals surface area contributed by atoms with Gasteiger partial charge in [-0.2, -0.15) is 0 Å². The molecule has 19 heavy (non-hydrogen) atoms. The molecule has 3 atom stereocenters. The quantitative estimate of drug-likeness (QED) is 0.858. The Bertz CT molecular complexity index is 517. The lowest BCUT2D eigenvalue weighted by Crippen LogP contribution is -2.31. The van der Waals surface area contributed by atoms with Crippen LogP contribution in [-0.2, 0) is 0 Å². The van der Waals surface area contributed by atoms with Gasteiger partial charge < -0.3 is 10.0 Å². The first-order valence-electron chi connectivity index (χ1n) is 6.80. The van der Waals surface area contributed by atoms with Gasteiger partial charge in [0.1, 0.15) is 0 Å². The summed E-state index contributed by atoms with van der Waals surface area (Å²) in [6, 6.07) is 5.37. The van der Waals surface area contributed by atoms with Gasteiger partial charge in [0, 0.05) is 29.6 Å². The number of likely N-dealkylation sites (tertiary alicyclic amines) is 1. The minimum absolute atomic E-state index is 0.0655. The number of carbonyl (C=O) groups excluding carboxylic acids is 1. The van der Waals surface area contributed by atoms with Crippen molar-refractivity contribution in [1.29, 1.82) is 0 Å². The fraction of sp³-hybridized carbons (Fsp3) is 0.533. The van der Waals surface area contributed by atoms with E-state index in [0.29, 0.717) is 17.5 Å². The second kappa shape index (κ2) is 4.80. The van der Waals surface area contributed by atoms with Crippen LogP contribution in [0.3, 0.4) is 0 Å². The molecule has 2 aliphatic rings. The van der Waals surface area contributed by atoms with E-state index < -0.39 is 0 Å². The number of fused-ring (bicyclic) bond motifs is 1. The zero-order valence-corrected chi connectivity index (χ0v) is 11.7. The largest absolute Gasteiger partial charge is 0.393 e. The standard InChI is InChI=1S/C15H18ClNO2/c1-9-6-11(16)3-4-12(9)15(19)17-7-10-2-5-14(18)13(10)8-17/h3-4,6,10,13-14,18H,2,5,7-8H2,1H3. The molecule has 1 N–H and O–H groups in total. The molecule has 0 bridgehead atoms. The highest BCUT2D eigenvalue weighted by atomic mass is 35.5. The SMILES string of the molecule is Cc1cc(Cl)ccc1C(=O)N1CC2CCC(O)C2C1. The lowest BCUT2D eigenvalue weighted by molar-refractivity contribution is 0.0751. The van der Waals surface area contributed by atoms with Gasteiger partial charge in [0.15, 0.2) is 0 Å². The van der Waals surface area contributed by atoms with Gasteiger partial charge in [0.2, 0.25) is 0 Å². The van der Waals surface area contributed by atoms with E-state index in [0.717, 1.165) is 30.5 Å². The molecule has 0 aromatic heterocycles. The highest BCUT2D eigenvalue weighted by molar-refractivity contribution is 6.30. The van der Waals surface area contributed by atoms with E-state index in [2.05, 4.69) is 0 Å². The van der Waals surface area contributed by atoms with Crippen molar-refractivity contribution in [2.24, 2.45) is 11.8 Å². The Morgan fingerprint density at radius 1 is 1.37 bits per heavy atom. The Hall–Kier alpha value is -1.06. The van der Waals surface area contributed by atoms with E-state index in [9.17, 15) is 9.90 Å². The zero-order valence-electron chi connectivity index (χ0n) is 11.0. The van der Waals surface area contributed by atoms with Crippen LogP contribution in [0.25, 0.3) is 0 Å². The number of rotatable bonds is 1. The minimum atomic E-state index is -0.228. The second-order valence-corrected chi connectivity index (χ2v) is 6.17. The molecular formula is C15H18ClNO2. The first-order valence-corrected chi connectivity index (χ1v) is 7.17. The number of aryl methyl sites for hydroxylation is 1. The van der Waals surface area contributed by atoms with E-state index in [-0.39, 0.29) is 17.9 Å². The van der Waals surface area contributed by atoms with E-state index >= 15 is 0 Å². The maximum Gasteiger partial charge on any atom is 0.254 e. The molecule has 1 aromatic carbocycles. The molecular weight excluding hydrogens is 262 g/mol. The minimum Gasteiger partial charge on any atom is -0.393 e. The third-order valence-corrected chi connectivity index (χ3v) is 4.76. The van der Waals surface area contributed by atoms with Crippen molar-refractivity contribution in [3.8, 4) is 0 Å². The summed E-state index contributed by atoms with van der Waals surface area (Å²) in [7, 11) is 0. The van der Waals surface area contributed by atoms with E-state index in [1.54, 1.807) is 12.1 Å². The van der Waals surface area contributed by atoms with Crippen molar-refractivity contribution in [2.45, 2.75) is 25.9 Å². The number of aliphatic hydroxyl groups excluding tert-OH is 1.